The third-order valence-electron chi connectivity index (χ3n) is 3.88. The van der Waals surface area contributed by atoms with E-state index in [1.807, 2.05) is 31.2 Å². The Morgan fingerprint density at radius 1 is 1.12 bits per heavy atom. The number of rotatable bonds is 4. The van der Waals surface area contributed by atoms with Crippen LogP contribution < -0.4 is 10.1 Å². The van der Waals surface area contributed by atoms with Crippen LogP contribution in [0.5, 0.6) is 5.88 Å². The lowest BCUT2D eigenvalue weighted by atomic mass is 10.0. The molecule has 25 heavy (non-hydrogen) atoms. The zero-order valence-corrected chi connectivity index (χ0v) is 14.6. The zero-order valence-electron chi connectivity index (χ0n) is 14.6. The van der Waals surface area contributed by atoms with Crippen molar-refractivity contribution in [1.82, 2.24) is 9.97 Å². The van der Waals surface area contributed by atoms with Gasteiger partial charge in [0, 0.05) is 30.4 Å². The fourth-order valence-electron chi connectivity index (χ4n) is 2.53. The van der Waals surface area contributed by atoms with E-state index in [4.69, 9.17) is 9.15 Å². The molecule has 3 aromatic rings. The van der Waals surface area contributed by atoms with Crippen LogP contribution in [0.15, 0.2) is 40.9 Å². The number of pyridine rings is 1. The molecule has 0 unspecified atom stereocenters. The van der Waals surface area contributed by atoms with Gasteiger partial charge in [0.1, 0.15) is 5.76 Å². The summed E-state index contributed by atoms with van der Waals surface area (Å²) in [4.78, 5) is 20.8. The third-order valence-corrected chi connectivity index (χ3v) is 3.88. The standard InChI is InChI=1S/C19H19N3O3/c1-11-5-6-14(15-7-8-17(24-4)20-10-15)9-16(11)22-19(23)18-12(2)25-13(3)21-18/h5-10H,1-4H3,(H,22,23). The molecule has 6 nitrogen and oxygen atoms in total. The maximum atomic E-state index is 12.5. The van der Waals surface area contributed by atoms with E-state index in [0.717, 1.165) is 22.4 Å². The molecule has 0 spiro atoms. The number of ether oxygens (including phenoxy) is 1. The number of benzene rings is 1. The minimum Gasteiger partial charge on any atom is -0.481 e. The molecule has 3 rings (SSSR count). The number of oxazole rings is 1. The number of hydrogen-bond donors (Lipinski definition) is 1. The summed E-state index contributed by atoms with van der Waals surface area (Å²) in [6.45, 7) is 5.38. The molecule has 0 aliphatic heterocycles. The fourth-order valence-corrected chi connectivity index (χ4v) is 2.53. The zero-order chi connectivity index (χ0) is 18.0. The van der Waals surface area contributed by atoms with Crippen LogP contribution in [0.1, 0.15) is 27.7 Å². The SMILES string of the molecule is COc1ccc(-c2ccc(C)c(NC(=O)c3nc(C)oc3C)c2)cn1. The summed E-state index contributed by atoms with van der Waals surface area (Å²) >= 11 is 0. The van der Waals surface area contributed by atoms with Gasteiger partial charge in [0.05, 0.1) is 7.11 Å². The predicted octanol–water partition coefficient (Wildman–Crippen LogP) is 3.92. The quantitative estimate of drug-likeness (QED) is 0.780. The van der Waals surface area contributed by atoms with Crippen LogP contribution in [-0.2, 0) is 0 Å². The number of methoxy groups -OCH3 is 1. The van der Waals surface area contributed by atoms with Gasteiger partial charge in [-0.3, -0.25) is 4.79 Å². The molecule has 2 aromatic heterocycles. The van der Waals surface area contributed by atoms with Gasteiger partial charge >= 0.3 is 0 Å². The molecule has 0 fully saturated rings. The van der Waals surface area contributed by atoms with Crippen LogP contribution in [0.25, 0.3) is 11.1 Å². The molecular formula is C19H19N3O3. The number of carbonyl (C=O) groups excluding carboxylic acids is 1. The molecule has 1 N–H and O–H groups in total. The maximum absolute atomic E-state index is 12.5. The van der Waals surface area contributed by atoms with Crippen LogP contribution in [0.3, 0.4) is 0 Å². The Morgan fingerprint density at radius 3 is 2.48 bits per heavy atom. The van der Waals surface area contributed by atoms with E-state index in [1.165, 1.54) is 0 Å². The number of nitrogens with zero attached hydrogens (tertiary/aromatic N) is 2. The van der Waals surface area contributed by atoms with E-state index < -0.39 is 0 Å². The second kappa shape index (κ2) is 6.76. The molecule has 0 aliphatic rings. The minimum absolute atomic E-state index is 0.289. The minimum atomic E-state index is -0.289. The van der Waals surface area contributed by atoms with Crippen molar-refractivity contribution in [2.75, 3.05) is 12.4 Å². The molecule has 1 amide bonds. The highest BCUT2D eigenvalue weighted by molar-refractivity contribution is 6.04. The second-order valence-electron chi connectivity index (χ2n) is 5.71. The molecule has 0 saturated carbocycles. The number of aromatic nitrogens is 2. The lowest BCUT2D eigenvalue weighted by Gasteiger charge is -2.10. The summed E-state index contributed by atoms with van der Waals surface area (Å²) in [6.07, 6.45) is 1.74. The molecule has 1 aromatic carbocycles. The van der Waals surface area contributed by atoms with Gasteiger partial charge in [-0.15, -0.1) is 0 Å². The monoisotopic (exact) mass is 337 g/mol. The van der Waals surface area contributed by atoms with E-state index in [1.54, 1.807) is 33.2 Å². The largest absolute Gasteiger partial charge is 0.481 e. The molecule has 6 heteroatoms. The van der Waals surface area contributed by atoms with Crippen molar-refractivity contribution in [2.45, 2.75) is 20.8 Å². The van der Waals surface area contributed by atoms with E-state index in [9.17, 15) is 4.79 Å². The fraction of sp³-hybridized carbons (Fsp3) is 0.211. The molecule has 0 saturated heterocycles. The van der Waals surface area contributed by atoms with Crippen molar-refractivity contribution in [3.8, 4) is 17.0 Å². The number of anilines is 1. The normalized spacial score (nSPS) is 10.6. The van der Waals surface area contributed by atoms with Gasteiger partial charge in [-0.1, -0.05) is 12.1 Å². The molecule has 2 heterocycles. The molecule has 0 atom stereocenters. The Bertz CT molecular complexity index is 914. The van der Waals surface area contributed by atoms with Crippen LogP contribution in [0.4, 0.5) is 5.69 Å². The number of nitrogens with one attached hydrogen (secondary N) is 1. The highest BCUT2D eigenvalue weighted by atomic mass is 16.5. The summed E-state index contributed by atoms with van der Waals surface area (Å²) in [5.41, 5.74) is 3.86. The van der Waals surface area contributed by atoms with Crippen LogP contribution in [-0.4, -0.2) is 23.0 Å². The van der Waals surface area contributed by atoms with Crippen molar-refractivity contribution in [3.63, 3.8) is 0 Å². The third kappa shape index (κ3) is 3.52. The Morgan fingerprint density at radius 2 is 1.88 bits per heavy atom. The van der Waals surface area contributed by atoms with Gasteiger partial charge in [-0.2, -0.15) is 0 Å². The molecule has 0 aliphatic carbocycles. The van der Waals surface area contributed by atoms with Crippen molar-refractivity contribution < 1.29 is 13.9 Å². The first-order chi connectivity index (χ1) is 12.0. The summed E-state index contributed by atoms with van der Waals surface area (Å²) in [6, 6.07) is 9.58. The number of hydrogen-bond acceptors (Lipinski definition) is 5. The first-order valence-electron chi connectivity index (χ1n) is 7.84. The lowest BCUT2D eigenvalue weighted by Crippen LogP contribution is -2.14. The van der Waals surface area contributed by atoms with Gasteiger partial charge in [-0.05, 0) is 37.1 Å². The van der Waals surface area contributed by atoms with Crippen molar-refractivity contribution in [1.29, 1.82) is 0 Å². The highest BCUT2D eigenvalue weighted by Crippen LogP contribution is 2.26. The van der Waals surface area contributed by atoms with Gasteiger partial charge in [-0.25, -0.2) is 9.97 Å². The van der Waals surface area contributed by atoms with E-state index >= 15 is 0 Å². The molecule has 0 bridgehead atoms. The first-order valence-corrected chi connectivity index (χ1v) is 7.84. The number of aryl methyl sites for hydroxylation is 3. The van der Waals surface area contributed by atoms with Crippen LogP contribution in [0, 0.1) is 20.8 Å². The van der Waals surface area contributed by atoms with Crippen LogP contribution >= 0.6 is 0 Å². The van der Waals surface area contributed by atoms with Crippen LogP contribution in [0.2, 0.25) is 0 Å². The Labute approximate surface area is 145 Å². The molecule has 128 valence electrons. The highest BCUT2D eigenvalue weighted by Gasteiger charge is 2.16. The van der Waals surface area contributed by atoms with E-state index in [-0.39, 0.29) is 5.91 Å². The van der Waals surface area contributed by atoms with Gasteiger partial charge in [0.15, 0.2) is 11.6 Å². The lowest BCUT2D eigenvalue weighted by molar-refractivity contribution is 0.102. The van der Waals surface area contributed by atoms with Gasteiger partial charge < -0.3 is 14.5 Å². The summed E-state index contributed by atoms with van der Waals surface area (Å²) in [7, 11) is 1.58. The number of carbonyl (C=O) groups is 1. The maximum Gasteiger partial charge on any atom is 0.277 e. The number of amides is 1. The Balaban J connectivity index is 1.88. The van der Waals surface area contributed by atoms with E-state index in [0.29, 0.717) is 23.2 Å². The van der Waals surface area contributed by atoms with Crippen molar-refractivity contribution >= 4 is 11.6 Å². The molecule has 0 radical (unpaired) electrons. The summed E-state index contributed by atoms with van der Waals surface area (Å²) < 4.78 is 10.4. The first kappa shape index (κ1) is 16.7. The summed E-state index contributed by atoms with van der Waals surface area (Å²) in [5, 5.41) is 2.91. The smallest absolute Gasteiger partial charge is 0.277 e. The topological polar surface area (TPSA) is 77.2 Å². The van der Waals surface area contributed by atoms with Gasteiger partial charge in [0.25, 0.3) is 5.91 Å². The van der Waals surface area contributed by atoms with Crippen molar-refractivity contribution in [3.05, 3.63) is 59.4 Å². The average Bonchev–Trinajstić information content (AvgIpc) is 2.95. The Kier molecular flexibility index (Phi) is 4.52. The second-order valence-corrected chi connectivity index (χ2v) is 5.71. The summed E-state index contributed by atoms with van der Waals surface area (Å²) in [5.74, 6) is 1.24. The Hall–Kier alpha value is -3.15. The predicted molar refractivity (Wildman–Crippen MR) is 94.9 cm³/mol. The van der Waals surface area contributed by atoms with E-state index in [2.05, 4.69) is 15.3 Å². The molecular weight excluding hydrogens is 318 g/mol. The average molecular weight is 337 g/mol. The van der Waals surface area contributed by atoms with Crippen molar-refractivity contribution in [2.24, 2.45) is 0 Å². The van der Waals surface area contributed by atoms with Gasteiger partial charge in [0.2, 0.25) is 5.88 Å².